The predicted molar refractivity (Wildman–Crippen MR) is 79.5 cm³/mol. The molecule has 1 saturated carbocycles. The van der Waals surface area contributed by atoms with Crippen molar-refractivity contribution in [1.82, 2.24) is 0 Å². The van der Waals surface area contributed by atoms with Crippen LogP contribution in [0.5, 0.6) is 5.75 Å². The Balaban J connectivity index is 1.90. The van der Waals surface area contributed by atoms with Crippen LogP contribution in [0.15, 0.2) is 24.3 Å². The van der Waals surface area contributed by atoms with Gasteiger partial charge in [-0.25, -0.2) is 4.79 Å². The average molecular weight is 290 g/mol. The van der Waals surface area contributed by atoms with E-state index in [-0.39, 0.29) is 17.9 Å². The smallest absolute Gasteiger partial charge is 0.347 e. The summed E-state index contributed by atoms with van der Waals surface area (Å²) in [5, 5.41) is 0. The summed E-state index contributed by atoms with van der Waals surface area (Å²) in [6.45, 7) is 3.17. The summed E-state index contributed by atoms with van der Waals surface area (Å²) in [6.07, 6.45) is 4.70. The van der Waals surface area contributed by atoms with Gasteiger partial charge in [-0.3, -0.25) is 4.79 Å². The van der Waals surface area contributed by atoms with Crippen LogP contribution in [0.25, 0.3) is 0 Å². The highest BCUT2D eigenvalue weighted by atomic mass is 16.6. The molecule has 21 heavy (non-hydrogen) atoms. The third-order valence-electron chi connectivity index (χ3n) is 3.72. The molecule has 1 aromatic carbocycles. The van der Waals surface area contributed by atoms with Gasteiger partial charge in [0.05, 0.1) is 0 Å². The van der Waals surface area contributed by atoms with Crippen LogP contribution >= 0.6 is 0 Å². The van der Waals surface area contributed by atoms with Crippen molar-refractivity contribution in [3.05, 3.63) is 29.8 Å². The highest BCUT2D eigenvalue weighted by Gasteiger charge is 2.23. The third kappa shape index (κ3) is 4.59. The van der Waals surface area contributed by atoms with Gasteiger partial charge in [-0.2, -0.15) is 0 Å². The van der Waals surface area contributed by atoms with Crippen LogP contribution in [-0.4, -0.2) is 24.0 Å². The Hall–Kier alpha value is -1.84. The van der Waals surface area contributed by atoms with Crippen LogP contribution in [0, 0.1) is 0 Å². The lowest BCUT2D eigenvalue weighted by Crippen LogP contribution is -2.31. The number of ether oxygens (including phenoxy) is 2. The van der Waals surface area contributed by atoms with Gasteiger partial charge in [0.2, 0.25) is 0 Å². The van der Waals surface area contributed by atoms with E-state index in [2.05, 4.69) is 0 Å². The Morgan fingerprint density at radius 2 is 1.90 bits per heavy atom. The van der Waals surface area contributed by atoms with Crippen molar-refractivity contribution in [1.29, 1.82) is 0 Å². The molecule has 1 aliphatic carbocycles. The second-order valence-corrected chi connectivity index (χ2v) is 5.54. The molecule has 2 rings (SSSR count). The van der Waals surface area contributed by atoms with Crippen LogP contribution in [0.2, 0.25) is 0 Å². The van der Waals surface area contributed by atoms with Gasteiger partial charge in [0.1, 0.15) is 11.9 Å². The highest BCUT2D eigenvalue weighted by molar-refractivity contribution is 5.94. The lowest BCUT2D eigenvalue weighted by atomic mass is 9.98. The van der Waals surface area contributed by atoms with Crippen LogP contribution in [0.4, 0.5) is 0 Å². The summed E-state index contributed by atoms with van der Waals surface area (Å²) < 4.78 is 11.1. The molecule has 0 aromatic heterocycles. The van der Waals surface area contributed by atoms with E-state index in [1.165, 1.54) is 13.3 Å². The second kappa shape index (κ2) is 7.25. The summed E-state index contributed by atoms with van der Waals surface area (Å²) in [5.41, 5.74) is 0.570. The quantitative estimate of drug-likeness (QED) is 0.615. The lowest BCUT2D eigenvalue weighted by Gasteiger charge is -2.23. The Bertz CT molecular complexity index is 503. The largest absolute Gasteiger partial charge is 0.479 e. The zero-order valence-corrected chi connectivity index (χ0v) is 12.6. The Morgan fingerprint density at radius 3 is 2.57 bits per heavy atom. The van der Waals surface area contributed by atoms with Crippen LogP contribution in [0.1, 0.15) is 56.3 Å². The minimum atomic E-state index is -0.672. The number of Topliss-reactive ketones (excluding diaryl/α,β-unsaturated/α-hetero) is 1. The van der Waals surface area contributed by atoms with Gasteiger partial charge in [0.25, 0.3) is 0 Å². The molecular weight excluding hydrogens is 268 g/mol. The van der Waals surface area contributed by atoms with Crippen molar-refractivity contribution in [2.24, 2.45) is 0 Å². The number of rotatable bonds is 5. The van der Waals surface area contributed by atoms with Gasteiger partial charge >= 0.3 is 5.97 Å². The van der Waals surface area contributed by atoms with Crippen molar-refractivity contribution in [3.63, 3.8) is 0 Å². The second-order valence-electron chi connectivity index (χ2n) is 5.54. The molecule has 0 amide bonds. The van der Waals surface area contributed by atoms with E-state index < -0.39 is 6.10 Å². The molecule has 4 heteroatoms. The minimum Gasteiger partial charge on any atom is -0.479 e. The number of hydrogen-bond donors (Lipinski definition) is 0. The van der Waals surface area contributed by atoms with Gasteiger partial charge in [-0.1, -0.05) is 18.6 Å². The first kappa shape index (κ1) is 15.5. The maximum atomic E-state index is 12.0. The van der Waals surface area contributed by atoms with E-state index in [1.807, 2.05) is 0 Å². The Labute approximate surface area is 125 Å². The maximum Gasteiger partial charge on any atom is 0.347 e. The number of hydrogen-bond acceptors (Lipinski definition) is 4. The van der Waals surface area contributed by atoms with E-state index in [9.17, 15) is 9.59 Å². The number of ketones is 1. The molecule has 4 nitrogen and oxygen atoms in total. The zero-order chi connectivity index (χ0) is 15.2. The average Bonchev–Trinajstić information content (AvgIpc) is 2.48. The summed E-state index contributed by atoms with van der Waals surface area (Å²) in [6, 6.07) is 6.84. The number of esters is 1. The van der Waals surface area contributed by atoms with Gasteiger partial charge in [-0.05, 0) is 51.7 Å². The molecule has 0 saturated heterocycles. The number of carbonyl (C=O) groups is 2. The standard InChI is InChI=1S/C17H22O4/c1-12(18)14-7-6-10-16(11-14)20-13(2)17(19)21-15-8-4-3-5-9-15/h6-7,10-11,13,15H,3-5,8-9H2,1-2H3. The molecule has 1 atom stereocenters. The van der Waals surface area contributed by atoms with Crippen LogP contribution in [-0.2, 0) is 9.53 Å². The first-order valence-corrected chi connectivity index (χ1v) is 7.54. The molecule has 1 unspecified atom stereocenters. The fraction of sp³-hybridized carbons (Fsp3) is 0.529. The highest BCUT2D eigenvalue weighted by Crippen LogP contribution is 2.21. The summed E-state index contributed by atoms with van der Waals surface area (Å²) >= 11 is 0. The van der Waals surface area contributed by atoms with Crippen molar-refractivity contribution in [3.8, 4) is 5.75 Å². The molecule has 0 spiro atoms. The van der Waals surface area contributed by atoms with E-state index in [4.69, 9.17) is 9.47 Å². The van der Waals surface area contributed by atoms with E-state index in [1.54, 1.807) is 31.2 Å². The van der Waals surface area contributed by atoms with Crippen LogP contribution < -0.4 is 4.74 Å². The fourth-order valence-corrected chi connectivity index (χ4v) is 2.48. The van der Waals surface area contributed by atoms with E-state index >= 15 is 0 Å². The van der Waals surface area contributed by atoms with Gasteiger partial charge in [0, 0.05) is 5.56 Å². The van der Waals surface area contributed by atoms with Crippen molar-refractivity contribution in [2.75, 3.05) is 0 Å². The monoisotopic (exact) mass is 290 g/mol. The number of benzene rings is 1. The molecule has 0 heterocycles. The molecular formula is C17H22O4. The third-order valence-corrected chi connectivity index (χ3v) is 3.72. The lowest BCUT2D eigenvalue weighted by molar-refractivity contribution is -0.158. The normalized spacial score (nSPS) is 17.0. The van der Waals surface area contributed by atoms with Crippen molar-refractivity contribution in [2.45, 2.75) is 58.2 Å². The molecule has 0 N–H and O–H groups in total. The molecule has 114 valence electrons. The molecule has 1 fully saturated rings. The Kier molecular flexibility index (Phi) is 5.37. The summed E-state index contributed by atoms with van der Waals surface area (Å²) in [7, 11) is 0. The first-order chi connectivity index (χ1) is 10.1. The number of carbonyl (C=O) groups excluding carboxylic acids is 2. The van der Waals surface area contributed by atoms with Crippen molar-refractivity contribution < 1.29 is 19.1 Å². The predicted octanol–water partition coefficient (Wildman–Crippen LogP) is 3.53. The zero-order valence-electron chi connectivity index (χ0n) is 12.6. The molecule has 0 bridgehead atoms. The first-order valence-electron chi connectivity index (χ1n) is 7.54. The van der Waals surface area contributed by atoms with Crippen molar-refractivity contribution >= 4 is 11.8 Å². The fourth-order valence-electron chi connectivity index (χ4n) is 2.48. The molecule has 1 aliphatic rings. The molecule has 0 aliphatic heterocycles. The van der Waals surface area contributed by atoms with Crippen LogP contribution in [0.3, 0.4) is 0 Å². The van der Waals surface area contributed by atoms with Gasteiger partial charge < -0.3 is 9.47 Å². The Morgan fingerprint density at radius 1 is 1.19 bits per heavy atom. The SMILES string of the molecule is CC(=O)c1cccc(OC(C)C(=O)OC2CCCCC2)c1. The molecule has 0 radical (unpaired) electrons. The maximum absolute atomic E-state index is 12.0. The summed E-state index contributed by atoms with van der Waals surface area (Å²) in [4.78, 5) is 23.4. The van der Waals surface area contributed by atoms with Gasteiger partial charge in [-0.15, -0.1) is 0 Å². The van der Waals surface area contributed by atoms with Gasteiger partial charge in [0.15, 0.2) is 11.9 Å². The van der Waals surface area contributed by atoms with E-state index in [0.717, 1.165) is 25.7 Å². The topological polar surface area (TPSA) is 52.6 Å². The summed E-state index contributed by atoms with van der Waals surface area (Å²) in [5.74, 6) is 0.142. The molecule has 1 aromatic rings. The minimum absolute atomic E-state index is 0.0286. The van der Waals surface area contributed by atoms with E-state index in [0.29, 0.717) is 11.3 Å².